The van der Waals surface area contributed by atoms with E-state index in [1.807, 2.05) is 0 Å². The van der Waals surface area contributed by atoms with Gasteiger partial charge in [-0.05, 0) is 19.3 Å². The van der Waals surface area contributed by atoms with Crippen molar-refractivity contribution in [1.29, 1.82) is 0 Å². The summed E-state index contributed by atoms with van der Waals surface area (Å²) in [6.45, 7) is 2.17. The maximum atomic E-state index is 5.53. The molecule has 1 heterocycles. The van der Waals surface area contributed by atoms with Gasteiger partial charge in [-0.3, -0.25) is 4.98 Å². The van der Waals surface area contributed by atoms with Crippen LogP contribution in [0.15, 0.2) is 12.4 Å². The van der Waals surface area contributed by atoms with Gasteiger partial charge in [-0.15, -0.1) is 0 Å². The van der Waals surface area contributed by atoms with Gasteiger partial charge >= 0.3 is 0 Å². The third-order valence-electron chi connectivity index (χ3n) is 2.43. The molecule has 4 heteroatoms. The van der Waals surface area contributed by atoms with Crippen LogP contribution in [0.1, 0.15) is 26.2 Å². The maximum Gasteiger partial charge on any atom is 0.147 e. The van der Waals surface area contributed by atoms with E-state index in [0.717, 1.165) is 11.7 Å². The van der Waals surface area contributed by atoms with Gasteiger partial charge in [0.15, 0.2) is 0 Å². The Bertz CT molecular complexity index is 309. The highest BCUT2D eigenvalue weighted by Gasteiger charge is 2.23. The molecule has 2 rings (SSSR count). The van der Waals surface area contributed by atoms with E-state index < -0.39 is 0 Å². The van der Waals surface area contributed by atoms with E-state index in [9.17, 15) is 0 Å². The van der Waals surface area contributed by atoms with Crippen LogP contribution in [0.2, 0.25) is 0 Å². The first kappa shape index (κ1) is 9.24. The maximum absolute atomic E-state index is 5.53. The van der Waals surface area contributed by atoms with E-state index in [-0.39, 0.29) is 0 Å². The Balaban J connectivity index is 1.88. The van der Waals surface area contributed by atoms with Gasteiger partial charge in [-0.25, -0.2) is 4.98 Å². The van der Waals surface area contributed by atoms with Crippen molar-refractivity contribution in [3.8, 4) is 0 Å². The molecule has 76 valence electrons. The zero-order chi connectivity index (χ0) is 9.97. The Morgan fingerprint density at radius 2 is 2.36 bits per heavy atom. The minimum absolute atomic E-state index is 0.457. The number of nitrogens with one attached hydrogen (secondary N) is 1. The first-order valence-corrected chi connectivity index (χ1v) is 5.08. The fourth-order valence-electron chi connectivity index (χ4n) is 1.62. The van der Waals surface area contributed by atoms with Gasteiger partial charge in [0.2, 0.25) is 0 Å². The van der Waals surface area contributed by atoms with Crippen LogP contribution in [0.4, 0.5) is 11.6 Å². The zero-order valence-electron chi connectivity index (χ0n) is 8.40. The molecule has 0 saturated heterocycles. The molecule has 1 aromatic heterocycles. The summed E-state index contributed by atoms with van der Waals surface area (Å²) >= 11 is 0. The number of rotatable bonds is 4. The Morgan fingerprint density at radius 3 is 3.00 bits per heavy atom. The van der Waals surface area contributed by atoms with Crippen LogP contribution in [-0.4, -0.2) is 16.0 Å². The molecular formula is C10H16N4. The first-order valence-electron chi connectivity index (χ1n) is 5.08. The summed E-state index contributed by atoms with van der Waals surface area (Å²) in [7, 11) is 0. The molecule has 0 aliphatic heterocycles. The van der Waals surface area contributed by atoms with E-state index in [1.54, 1.807) is 12.4 Å². The lowest BCUT2D eigenvalue weighted by molar-refractivity contribution is 0.640. The molecule has 0 aromatic carbocycles. The zero-order valence-corrected chi connectivity index (χ0v) is 8.40. The lowest BCUT2D eigenvalue weighted by Gasteiger charge is -2.13. The SMILES string of the molecule is CC(CC1CC1)Nc1cncc(N)n1. The monoisotopic (exact) mass is 192 g/mol. The number of nitrogens with zero attached hydrogens (tertiary/aromatic N) is 2. The lowest BCUT2D eigenvalue weighted by atomic mass is 10.1. The minimum atomic E-state index is 0.457. The van der Waals surface area contributed by atoms with Crippen molar-refractivity contribution in [1.82, 2.24) is 9.97 Å². The van der Waals surface area contributed by atoms with Crippen molar-refractivity contribution in [2.24, 2.45) is 5.92 Å². The van der Waals surface area contributed by atoms with Gasteiger partial charge in [0, 0.05) is 6.04 Å². The second-order valence-corrected chi connectivity index (χ2v) is 4.05. The molecule has 1 aromatic rings. The Kier molecular flexibility index (Phi) is 2.52. The molecule has 0 spiro atoms. The highest BCUT2D eigenvalue weighted by Crippen LogP contribution is 2.33. The van der Waals surface area contributed by atoms with Crippen LogP contribution in [0.25, 0.3) is 0 Å². The van der Waals surface area contributed by atoms with E-state index in [4.69, 9.17) is 5.73 Å². The van der Waals surface area contributed by atoms with Gasteiger partial charge in [0.1, 0.15) is 11.6 Å². The first-order chi connectivity index (χ1) is 6.74. The smallest absolute Gasteiger partial charge is 0.147 e. The van der Waals surface area contributed by atoms with Crippen molar-refractivity contribution in [2.75, 3.05) is 11.1 Å². The normalized spacial score (nSPS) is 17.8. The molecule has 1 saturated carbocycles. The second-order valence-electron chi connectivity index (χ2n) is 4.05. The van der Waals surface area contributed by atoms with Gasteiger partial charge < -0.3 is 11.1 Å². The molecule has 4 nitrogen and oxygen atoms in total. The largest absolute Gasteiger partial charge is 0.382 e. The Morgan fingerprint density at radius 1 is 1.57 bits per heavy atom. The number of nitrogens with two attached hydrogens (primary N) is 1. The van der Waals surface area contributed by atoms with Crippen molar-refractivity contribution in [3.63, 3.8) is 0 Å². The molecule has 3 N–H and O–H groups in total. The van der Waals surface area contributed by atoms with Gasteiger partial charge in [0.05, 0.1) is 12.4 Å². The molecule has 1 atom stereocenters. The van der Waals surface area contributed by atoms with Crippen LogP contribution >= 0.6 is 0 Å². The van der Waals surface area contributed by atoms with Gasteiger partial charge in [-0.1, -0.05) is 12.8 Å². The van der Waals surface area contributed by atoms with E-state index in [1.165, 1.54) is 19.3 Å². The number of anilines is 2. The van der Waals surface area contributed by atoms with Crippen molar-refractivity contribution in [2.45, 2.75) is 32.2 Å². The van der Waals surface area contributed by atoms with Crippen molar-refractivity contribution < 1.29 is 0 Å². The minimum Gasteiger partial charge on any atom is -0.382 e. The van der Waals surface area contributed by atoms with Crippen LogP contribution in [0, 0.1) is 5.92 Å². The van der Waals surface area contributed by atoms with Crippen LogP contribution < -0.4 is 11.1 Å². The molecule has 14 heavy (non-hydrogen) atoms. The molecule has 0 bridgehead atoms. The summed E-state index contributed by atoms with van der Waals surface area (Å²) in [5.74, 6) is 2.17. The predicted molar refractivity (Wildman–Crippen MR) is 56.9 cm³/mol. The summed E-state index contributed by atoms with van der Waals surface area (Å²) in [6, 6.07) is 0.457. The van der Waals surface area contributed by atoms with Crippen LogP contribution in [0.5, 0.6) is 0 Å². The molecule has 1 aliphatic rings. The highest BCUT2D eigenvalue weighted by molar-refractivity contribution is 5.38. The Labute approximate surface area is 83.9 Å². The quantitative estimate of drug-likeness (QED) is 0.761. The standard InChI is InChI=1S/C10H16N4/c1-7(4-8-2-3-8)13-10-6-12-5-9(11)14-10/h5-8H,2-4H2,1H3,(H3,11,13,14). The average molecular weight is 192 g/mol. The molecule has 1 aliphatic carbocycles. The van der Waals surface area contributed by atoms with Crippen LogP contribution in [0.3, 0.4) is 0 Å². The summed E-state index contributed by atoms with van der Waals surface area (Å²) in [5, 5.41) is 3.30. The number of nitrogen functional groups attached to an aromatic ring is 1. The van der Waals surface area contributed by atoms with E-state index in [0.29, 0.717) is 11.9 Å². The van der Waals surface area contributed by atoms with E-state index >= 15 is 0 Å². The molecule has 1 fully saturated rings. The topological polar surface area (TPSA) is 63.8 Å². The number of hydrogen-bond acceptors (Lipinski definition) is 4. The average Bonchev–Trinajstić information content (AvgIpc) is 2.87. The molecule has 1 unspecified atom stereocenters. The lowest BCUT2D eigenvalue weighted by Crippen LogP contribution is -2.17. The predicted octanol–water partition coefficient (Wildman–Crippen LogP) is 1.66. The molecular weight excluding hydrogens is 176 g/mol. The summed E-state index contributed by atoms with van der Waals surface area (Å²) in [4.78, 5) is 8.13. The molecule has 0 amide bonds. The van der Waals surface area contributed by atoms with Gasteiger partial charge in [-0.2, -0.15) is 0 Å². The Hall–Kier alpha value is -1.32. The van der Waals surface area contributed by atoms with Crippen molar-refractivity contribution in [3.05, 3.63) is 12.4 Å². The summed E-state index contributed by atoms with van der Waals surface area (Å²) in [6.07, 6.45) is 7.25. The number of hydrogen-bond donors (Lipinski definition) is 2. The fraction of sp³-hybridized carbons (Fsp3) is 0.600. The van der Waals surface area contributed by atoms with Gasteiger partial charge in [0.25, 0.3) is 0 Å². The second kappa shape index (κ2) is 3.82. The third kappa shape index (κ3) is 2.58. The molecule has 0 radical (unpaired) electrons. The summed E-state index contributed by atoms with van der Waals surface area (Å²) in [5.41, 5.74) is 5.53. The number of aromatic nitrogens is 2. The highest BCUT2D eigenvalue weighted by atomic mass is 15.1. The summed E-state index contributed by atoms with van der Waals surface area (Å²) < 4.78 is 0. The van der Waals surface area contributed by atoms with Crippen LogP contribution in [-0.2, 0) is 0 Å². The fourth-order valence-corrected chi connectivity index (χ4v) is 1.62. The van der Waals surface area contributed by atoms with E-state index in [2.05, 4.69) is 22.2 Å². The third-order valence-corrected chi connectivity index (χ3v) is 2.43. The van der Waals surface area contributed by atoms with Crippen molar-refractivity contribution >= 4 is 11.6 Å².